The minimum atomic E-state index is -4.57. The molecule has 0 aliphatic heterocycles. The predicted octanol–water partition coefficient (Wildman–Crippen LogP) is 0.425. The average Bonchev–Trinajstić information content (AvgIpc) is 2.19. The lowest BCUT2D eigenvalue weighted by molar-refractivity contribution is -0.167. The Morgan fingerprint density at radius 2 is 1.94 bits per heavy atom. The number of halogens is 3. The summed E-state index contributed by atoms with van der Waals surface area (Å²) >= 11 is 0. The van der Waals surface area contributed by atoms with Crippen LogP contribution in [0.1, 0.15) is 13.8 Å². The number of amides is 2. The molecule has 0 aliphatic rings. The lowest BCUT2D eigenvalue weighted by Crippen LogP contribution is -2.49. The zero-order valence-electron chi connectivity index (χ0n) is 9.34. The summed E-state index contributed by atoms with van der Waals surface area (Å²) in [7, 11) is 0. The summed E-state index contributed by atoms with van der Waals surface area (Å²) in [6.07, 6.45) is -4.57. The molecule has 8 heteroatoms. The van der Waals surface area contributed by atoms with Gasteiger partial charge in [0.1, 0.15) is 13.1 Å². The second-order valence-electron chi connectivity index (χ2n) is 3.48. The third-order valence-corrected chi connectivity index (χ3v) is 1.76. The van der Waals surface area contributed by atoms with Crippen LogP contribution in [0.2, 0.25) is 0 Å². The predicted molar refractivity (Wildman–Crippen MR) is 51.5 cm³/mol. The molecule has 0 aromatic heterocycles. The van der Waals surface area contributed by atoms with Crippen molar-refractivity contribution >= 4 is 11.8 Å². The van der Waals surface area contributed by atoms with E-state index < -0.39 is 37.1 Å². The van der Waals surface area contributed by atoms with Crippen molar-refractivity contribution in [2.45, 2.75) is 26.1 Å². The SMILES string of the molecule is CC(C)N(CC(F)(F)F)C(=O)C(=O)NCC#N. The molecule has 0 saturated carbocycles. The number of rotatable bonds is 3. The first kappa shape index (κ1) is 15.2. The number of alkyl halides is 3. The molecular formula is C9H12F3N3O2. The lowest BCUT2D eigenvalue weighted by Gasteiger charge is -2.26. The second kappa shape index (κ2) is 6.08. The van der Waals surface area contributed by atoms with Crippen LogP contribution in [0, 0.1) is 11.3 Å². The van der Waals surface area contributed by atoms with Crippen molar-refractivity contribution in [1.82, 2.24) is 10.2 Å². The van der Waals surface area contributed by atoms with Gasteiger partial charge in [-0.15, -0.1) is 0 Å². The molecule has 2 amide bonds. The maximum atomic E-state index is 12.2. The van der Waals surface area contributed by atoms with Gasteiger partial charge in [-0.25, -0.2) is 0 Å². The molecule has 0 aromatic carbocycles. The molecule has 0 rings (SSSR count). The van der Waals surface area contributed by atoms with Crippen LogP contribution in [0.5, 0.6) is 0 Å². The first-order valence-corrected chi connectivity index (χ1v) is 4.71. The Labute approximate surface area is 96.2 Å². The van der Waals surface area contributed by atoms with Gasteiger partial charge in [0.05, 0.1) is 6.07 Å². The Bertz CT molecular complexity index is 333. The molecule has 96 valence electrons. The summed E-state index contributed by atoms with van der Waals surface area (Å²) < 4.78 is 36.5. The van der Waals surface area contributed by atoms with E-state index in [0.717, 1.165) is 0 Å². The number of hydrogen-bond donors (Lipinski definition) is 1. The number of carbonyl (C=O) groups is 2. The smallest absolute Gasteiger partial charge is 0.335 e. The molecular weight excluding hydrogens is 239 g/mol. The fourth-order valence-electron chi connectivity index (χ4n) is 1.01. The van der Waals surface area contributed by atoms with E-state index in [0.29, 0.717) is 4.90 Å². The van der Waals surface area contributed by atoms with Crippen molar-refractivity contribution in [3.8, 4) is 6.07 Å². The van der Waals surface area contributed by atoms with E-state index >= 15 is 0 Å². The number of hydrogen-bond acceptors (Lipinski definition) is 3. The first-order valence-electron chi connectivity index (χ1n) is 4.71. The molecule has 0 atom stereocenters. The minimum Gasteiger partial charge on any atom is -0.335 e. The van der Waals surface area contributed by atoms with E-state index in [2.05, 4.69) is 0 Å². The third-order valence-electron chi connectivity index (χ3n) is 1.76. The van der Waals surface area contributed by atoms with Crippen LogP contribution in [0.15, 0.2) is 0 Å². The first-order chi connectivity index (χ1) is 7.69. The summed E-state index contributed by atoms with van der Waals surface area (Å²) in [5.74, 6) is -2.52. The van der Waals surface area contributed by atoms with Gasteiger partial charge in [-0.1, -0.05) is 0 Å². The monoisotopic (exact) mass is 251 g/mol. The Balaban J connectivity index is 4.67. The number of nitriles is 1. The molecule has 0 aliphatic carbocycles. The van der Waals surface area contributed by atoms with Gasteiger partial charge in [0.15, 0.2) is 0 Å². The van der Waals surface area contributed by atoms with Crippen molar-refractivity contribution < 1.29 is 22.8 Å². The molecule has 0 radical (unpaired) electrons. The van der Waals surface area contributed by atoms with Gasteiger partial charge < -0.3 is 10.2 Å². The van der Waals surface area contributed by atoms with E-state index in [1.807, 2.05) is 5.32 Å². The Morgan fingerprint density at radius 1 is 1.41 bits per heavy atom. The quantitative estimate of drug-likeness (QED) is 0.583. The molecule has 5 nitrogen and oxygen atoms in total. The number of carbonyl (C=O) groups excluding carboxylic acids is 2. The van der Waals surface area contributed by atoms with Crippen molar-refractivity contribution in [3.05, 3.63) is 0 Å². The Kier molecular flexibility index (Phi) is 5.44. The van der Waals surface area contributed by atoms with Crippen LogP contribution in [0.3, 0.4) is 0 Å². The highest BCUT2D eigenvalue weighted by molar-refractivity contribution is 6.35. The zero-order valence-corrected chi connectivity index (χ0v) is 9.34. The Morgan fingerprint density at radius 3 is 2.29 bits per heavy atom. The van der Waals surface area contributed by atoms with Crippen LogP contribution < -0.4 is 5.32 Å². The fraction of sp³-hybridized carbons (Fsp3) is 0.667. The lowest BCUT2D eigenvalue weighted by atomic mass is 10.3. The number of nitrogens with zero attached hydrogens (tertiary/aromatic N) is 2. The van der Waals surface area contributed by atoms with Crippen LogP contribution in [0.25, 0.3) is 0 Å². The summed E-state index contributed by atoms with van der Waals surface area (Å²) in [6, 6.07) is 0.778. The highest BCUT2D eigenvalue weighted by Gasteiger charge is 2.36. The van der Waals surface area contributed by atoms with E-state index in [4.69, 9.17) is 5.26 Å². The number of nitrogens with one attached hydrogen (secondary N) is 1. The maximum Gasteiger partial charge on any atom is 0.406 e. The van der Waals surface area contributed by atoms with Gasteiger partial charge in [-0.2, -0.15) is 18.4 Å². The van der Waals surface area contributed by atoms with Crippen LogP contribution >= 0.6 is 0 Å². The maximum absolute atomic E-state index is 12.2. The standard InChI is InChI=1S/C9H12F3N3O2/c1-6(2)15(5-9(10,11)12)8(17)7(16)14-4-3-13/h6H,4-5H2,1-2H3,(H,14,16). The Hall–Kier alpha value is -1.78. The minimum absolute atomic E-state index is 0.396. The molecule has 1 N–H and O–H groups in total. The zero-order chi connectivity index (χ0) is 13.6. The molecule has 0 unspecified atom stereocenters. The van der Waals surface area contributed by atoms with E-state index in [-0.39, 0.29) is 0 Å². The van der Waals surface area contributed by atoms with Crippen molar-refractivity contribution in [1.29, 1.82) is 5.26 Å². The van der Waals surface area contributed by atoms with Crippen molar-refractivity contribution in [2.24, 2.45) is 0 Å². The molecule has 0 heterocycles. The molecule has 0 fully saturated rings. The van der Waals surface area contributed by atoms with Crippen LogP contribution in [-0.2, 0) is 9.59 Å². The van der Waals surface area contributed by atoms with E-state index in [1.54, 1.807) is 6.07 Å². The molecule has 0 saturated heterocycles. The van der Waals surface area contributed by atoms with Crippen molar-refractivity contribution in [3.63, 3.8) is 0 Å². The summed E-state index contributed by atoms with van der Waals surface area (Å²) in [4.78, 5) is 22.9. The highest BCUT2D eigenvalue weighted by atomic mass is 19.4. The molecule has 0 bridgehead atoms. The largest absolute Gasteiger partial charge is 0.406 e. The average molecular weight is 251 g/mol. The van der Waals surface area contributed by atoms with Gasteiger partial charge in [-0.05, 0) is 13.8 Å². The van der Waals surface area contributed by atoms with Gasteiger partial charge in [0, 0.05) is 6.04 Å². The van der Waals surface area contributed by atoms with Crippen molar-refractivity contribution in [2.75, 3.05) is 13.1 Å². The molecule has 0 aromatic rings. The molecule has 17 heavy (non-hydrogen) atoms. The van der Waals surface area contributed by atoms with Gasteiger partial charge in [-0.3, -0.25) is 9.59 Å². The normalized spacial score (nSPS) is 10.9. The summed E-state index contributed by atoms with van der Waals surface area (Å²) in [6.45, 7) is 0.800. The highest BCUT2D eigenvalue weighted by Crippen LogP contribution is 2.18. The topological polar surface area (TPSA) is 73.2 Å². The van der Waals surface area contributed by atoms with E-state index in [1.165, 1.54) is 13.8 Å². The fourth-order valence-corrected chi connectivity index (χ4v) is 1.01. The van der Waals surface area contributed by atoms with Gasteiger partial charge in [0.2, 0.25) is 0 Å². The summed E-state index contributed by atoms with van der Waals surface area (Å²) in [5.41, 5.74) is 0. The third kappa shape index (κ3) is 5.75. The molecule has 0 spiro atoms. The second-order valence-corrected chi connectivity index (χ2v) is 3.48. The van der Waals surface area contributed by atoms with E-state index in [9.17, 15) is 22.8 Å². The van der Waals surface area contributed by atoms with Gasteiger partial charge >= 0.3 is 18.0 Å². The van der Waals surface area contributed by atoms with Crippen LogP contribution in [-0.4, -0.2) is 42.0 Å². The van der Waals surface area contributed by atoms with Crippen LogP contribution in [0.4, 0.5) is 13.2 Å². The summed E-state index contributed by atoms with van der Waals surface area (Å²) in [5, 5.41) is 10.1. The van der Waals surface area contributed by atoms with Gasteiger partial charge in [0.25, 0.3) is 0 Å².